The molecule has 0 spiro atoms. The first kappa shape index (κ1) is 29.0. The van der Waals surface area contributed by atoms with Crippen LogP contribution in [0.4, 0.5) is 17.5 Å². The monoisotopic (exact) mass is 582 g/mol. The smallest absolute Gasteiger partial charge is 0.246 e. The maximum atomic E-state index is 13.2. The molecule has 10 heteroatoms. The van der Waals surface area contributed by atoms with Crippen molar-refractivity contribution in [1.82, 2.24) is 19.8 Å². The number of fused-ring (bicyclic) bond motifs is 2. The highest BCUT2D eigenvalue weighted by molar-refractivity contribution is 5.87. The number of carbonyl (C=O) groups excluding carboxylic acids is 2. The number of carbonyl (C=O) groups is 2. The Kier molecular flexibility index (Phi) is 8.24. The lowest BCUT2D eigenvalue weighted by Crippen LogP contribution is -2.55. The standard InChI is InChI=1S/C33H42N8O2/c1-4-30(42)40-20-19-38(22-25(40)15-16-34)31-26-14-13-24(39-17-7-10-23-9-5-6-11-28(23)39)21-27(26)35-33(36-31)41-18-8-12-29(41)32(43)37(2)3/h4-6,9,11,24-25,29H,1,7-8,10,12-15,17-22H2,2-3H3/t24-,25+,29-/m1/s1. The topological polar surface area (TPSA) is 99.9 Å². The van der Waals surface area contributed by atoms with Gasteiger partial charge in [-0.1, -0.05) is 24.8 Å². The number of anilines is 3. The van der Waals surface area contributed by atoms with Crippen molar-refractivity contribution in [2.24, 2.45) is 0 Å². The van der Waals surface area contributed by atoms with Gasteiger partial charge in [-0.25, -0.2) is 4.98 Å². The van der Waals surface area contributed by atoms with E-state index in [1.54, 1.807) is 23.9 Å². The van der Waals surface area contributed by atoms with Crippen molar-refractivity contribution in [2.45, 2.75) is 69.5 Å². The van der Waals surface area contributed by atoms with Gasteiger partial charge in [-0.05, 0) is 56.2 Å². The Labute approximate surface area is 254 Å². The third kappa shape index (κ3) is 5.53. The minimum absolute atomic E-state index is 0.0776. The quantitative estimate of drug-likeness (QED) is 0.480. The zero-order valence-corrected chi connectivity index (χ0v) is 25.4. The van der Waals surface area contributed by atoms with E-state index < -0.39 is 0 Å². The van der Waals surface area contributed by atoms with Crippen LogP contribution in [0.2, 0.25) is 0 Å². The molecule has 3 aliphatic heterocycles. The second-order valence-electron chi connectivity index (χ2n) is 12.4. The van der Waals surface area contributed by atoms with E-state index in [2.05, 4.69) is 51.6 Å². The molecule has 0 saturated carbocycles. The van der Waals surface area contributed by atoms with Crippen LogP contribution in [0.15, 0.2) is 36.9 Å². The Balaban J connectivity index is 1.37. The van der Waals surface area contributed by atoms with E-state index in [0.717, 1.165) is 69.5 Å². The molecule has 1 aromatic heterocycles. The average molecular weight is 583 g/mol. The van der Waals surface area contributed by atoms with Crippen molar-refractivity contribution < 1.29 is 9.59 Å². The van der Waals surface area contributed by atoms with E-state index in [9.17, 15) is 14.9 Å². The van der Waals surface area contributed by atoms with E-state index in [1.807, 2.05) is 0 Å². The molecule has 6 rings (SSSR count). The highest BCUT2D eigenvalue weighted by Crippen LogP contribution is 2.37. The van der Waals surface area contributed by atoms with Gasteiger partial charge >= 0.3 is 0 Å². The van der Waals surface area contributed by atoms with Gasteiger partial charge in [0.05, 0.1) is 24.2 Å². The number of amides is 2. The number of likely N-dealkylation sites (N-methyl/N-ethyl adjacent to an activating group) is 1. The second-order valence-corrected chi connectivity index (χ2v) is 12.4. The largest absolute Gasteiger partial charge is 0.368 e. The number of nitrogens with zero attached hydrogens (tertiary/aromatic N) is 8. The van der Waals surface area contributed by atoms with Gasteiger partial charge in [0, 0.05) is 70.5 Å². The van der Waals surface area contributed by atoms with E-state index in [1.165, 1.54) is 22.9 Å². The second kappa shape index (κ2) is 12.2. The van der Waals surface area contributed by atoms with Crippen LogP contribution in [-0.4, -0.2) is 96.5 Å². The van der Waals surface area contributed by atoms with Crippen LogP contribution in [0.25, 0.3) is 0 Å². The Hall–Kier alpha value is -4.13. The fourth-order valence-electron chi connectivity index (χ4n) is 7.46. The molecule has 0 N–H and O–H groups in total. The van der Waals surface area contributed by atoms with Crippen molar-refractivity contribution >= 4 is 29.3 Å². The van der Waals surface area contributed by atoms with Crippen LogP contribution in [0, 0.1) is 11.3 Å². The first-order valence-corrected chi connectivity index (χ1v) is 15.7. The molecule has 226 valence electrons. The van der Waals surface area contributed by atoms with E-state index in [0.29, 0.717) is 31.6 Å². The van der Waals surface area contributed by atoms with Gasteiger partial charge in [0.2, 0.25) is 17.8 Å². The fourth-order valence-corrected chi connectivity index (χ4v) is 7.46. The van der Waals surface area contributed by atoms with Gasteiger partial charge in [-0.2, -0.15) is 10.2 Å². The molecule has 2 aromatic rings. The molecule has 4 aliphatic rings. The zero-order valence-electron chi connectivity index (χ0n) is 25.4. The summed E-state index contributed by atoms with van der Waals surface area (Å²) in [5.41, 5.74) is 4.99. The van der Waals surface area contributed by atoms with E-state index >= 15 is 0 Å². The van der Waals surface area contributed by atoms with E-state index in [4.69, 9.17) is 9.97 Å². The molecule has 4 heterocycles. The molecule has 1 aromatic carbocycles. The van der Waals surface area contributed by atoms with Crippen molar-refractivity contribution in [3.63, 3.8) is 0 Å². The number of aromatic nitrogens is 2. The molecule has 10 nitrogen and oxygen atoms in total. The number of para-hydroxylation sites is 1. The lowest BCUT2D eigenvalue weighted by molar-refractivity contribution is -0.130. The summed E-state index contributed by atoms with van der Waals surface area (Å²) in [6.07, 6.45) is 8.25. The van der Waals surface area contributed by atoms with Gasteiger partial charge in [-0.15, -0.1) is 0 Å². The third-order valence-corrected chi connectivity index (χ3v) is 9.61. The summed E-state index contributed by atoms with van der Waals surface area (Å²) in [6, 6.07) is 10.9. The normalized spacial score (nSPS) is 23.3. The highest BCUT2D eigenvalue weighted by Gasteiger charge is 2.38. The Morgan fingerprint density at radius 2 is 1.88 bits per heavy atom. The Bertz CT molecular complexity index is 1430. The van der Waals surface area contributed by atoms with Crippen molar-refractivity contribution in [1.29, 1.82) is 5.26 Å². The minimum Gasteiger partial charge on any atom is -0.368 e. The van der Waals surface area contributed by atoms with Crippen LogP contribution in [0.5, 0.6) is 0 Å². The molecule has 43 heavy (non-hydrogen) atoms. The van der Waals surface area contributed by atoms with Crippen molar-refractivity contribution in [2.75, 3.05) is 61.5 Å². The van der Waals surface area contributed by atoms with Crippen molar-refractivity contribution in [3.05, 3.63) is 53.7 Å². The first-order valence-electron chi connectivity index (χ1n) is 15.7. The summed E-state index contributed by atoms with van der Waals surface area (Å²) in [4.78, 5) is 46.5. The predicted octanol–water partition coefficient (Wildman–Crippen LogP) is 2.96. The molecular formula is C33H42N8O2. The summed E-state index contributed by atoms with van der Waals surface area (Å²) in [7, 11) is 3.61. The van der Waals surface area contributed by atoms with Crippen LogP contribution >= 0.6 is 0 Å². The van der Waals surface area contributed by atoms with Gasteiger partial charge in [0.25, 0.3) is 0 Å². The third-order valence-electron chi connectivity index (χ3n) is 9.61. The predicted molar refractivity (Wildman–Crippen MR) is 167 cm³/mol. The highest BCUT2D eigenvalue weighted by atomic mass is 16.2. The number of rotatable bonds is 6. The van der Waals surface area contributed by atoms with Crippen LogP contribution < -0.4 is 14.7 Å². The van der Waals surface area contributed by atoms with Gasteiger partial charge in [-0.3, -0.25) is 9.59 Å². The Morgan fingerprint density at radius 1 is 1.07 bits per heavy atom. The van der Waals surface area contributed by atoms with Gasteiger partial charge in [0.15, 0.2) is 0 Å². The number of hydrogen-bond acceptors (Lipinski definition) is 8. The molecular weight excluding hydrogens is 540 g/mol. The molecule has 2 fully saturated rings. The lowest BCUT2D eigenvalue weighted by Gasteiger charge is -2.43. The SMILES string of the molecule is C=CC(=O)N1CCN(c2nc(N3CCC[C@@H]3C(=O)N(C)C)nc3c2CC[C@@H](N2CCCc4ccccc42)C3)C[C@@H]1CC#N. The molecule has 1 aliphatic carbocycles. The number of benzene rings is 1. The molecule has 0 bridgehead atoms. The fraction of sp³-hybridized carbons (Fsp3) is 0.545. The molecule has 0 radical (unpaired) electrons. The molecule has 0 unspecified atom stereocenters. The Morgan fingerprint density at radius 3 is 2.67 bits per heavy atom. The lowest BCUT2D eigenvalue weighted by atomic mass is 9.88. The van der Waals surface area contributed by atoms with Crippen LogP contribution in [0.1, 0.15) is 48.9 Å². The summed E-state index contributed by atoms with van der Waals surface area (Å²) in [6.45, 7) is 7.10. The maximum absolute atomic E-state index is 13.2. The van der Waals surface area contributed by atoms with Crippen LogP contribution in [-0.2, 0) is 28.9 Å². The summed E-state index contributed by atoms with van der Waals surface area (Å²) >= 11 is 0. The minimum atomic E-state index is -0.275. The maximum Gasteiger partial charge on any atom is 0.246 e. The van der Waals surface area contributed by atoms with Crippen LogP contribution in [0.3, 0.4) is 0 Å². The molecule has 3 atom stereocenters. The van der Waals surface area contributed by atoms with Gasteiger partial charge in [0.1, 0.15) is 11.9 Å². The van der Waals surface area contributed by atoms with Gasteiger partial charge < -0.3 is 24.5 Å². The van der Waals surface area contributed by atoms with E-state index in [-0.39, 0.29) is 30.3 Å². The average Bonchev–Trinajstić information content (AvgIpc) is 3.53. The summed E-state index contributed by atoms with van der Waals surface area (Å²) in [5.74, 6) is 1.45. The summed E-state index contributed by atoms with van der Waals surface area (Å²) in [5, 5.41) is 9.57. The molecule has 2 saturated heterocycles. The number of aryl methyl sites for hydroxylation is 1. The summed E-state index contributed by atoms with van der Waals surface area (Å²) < 4.78 is 0. The number of nitriles is 1. The number of piperazine rings is 1. The first-order chi connectivity index (χ1) is 20.9. The zero-order chi connectivity index (χ0) is 30.1. The molecule has 2 amide bonds. The van der Waals surface area contributed by atoms with Crippen molar-refractivity contribution in [3.8, 4) is 6.07 Å². The number of hydrogen-bond donors (Lipinski definition) is 0.